The summed E-state index contributed by atoms with van der Waals surface area (Å²) >= 11 is 1.38. The van der Waals surface area contributed by atoms with Gasteiger partial charge in [0.2, 0.25) is 22.9 Å². The summed E-state index contributed by atoms with van der Waals surface area (Å²) in [5, 5.41) is 12.1. The fourth-order valence-electron chi connectivity index (χ4n) is 3.58. The third-order valence-corrected chi connectivity index (χ3v) is 5.85. The molecule has 0 aromatic carbocycles. The predicted molar refractivity (Wildman–Crippen MR) is 93.9 cm³/mol. The van der Waals surface area contributed by atoms with E-state index in [9.17, 15) is 14.4 Å². The second kappa shape index (κ2) is 8.03. The van der Waals surface area contributed by atoms with Crippen molar-refractivity contribution in [1.82, 2.24) is 15.1 Å². The smallest absolute Gasteiger partial charge is 0.233 e. The van der Waals surface area contributed by atoms with Gasteiger partial charge in [-0.3, -0.25) is 19.3 Å². The van der Waals surface area contributed by atoms with E-state index < -0.39 is 0 Å². The molecule has 1 N–H and O–H groups in total. The predicted octanol–water partition coefficient (Wildman–Crippen LogP) is 2.38. The average molecular weight is 364 g/mol. The van der Waals surface area contributed by atoms with Crippen LogP contribution in [-0.2, 0) is 20.8 Å². The third-order valence-electron chi connectivity index (χ3n) is 4.95. The van der Waals surface area contributed by atoms with Crippen molar-refractivity contribution >= 4 is 34.2 Å². The first kappa shape index (κ1) is 18.0. The Bertz CT molecular complexity index is 636. The summed E-state index contributed by atoms with van der Waals surface area (Å²) in [6, 6.07) is 0. The molecule has 0 spiro atoms. The van der Waals surface area contributed by atoms with Crippen molar-refractivity contribution in [1.29, 1.82) is 0 Å². The maximum atomic E-state index is 12.4. The van der Waals surface area contributed by atoms with Crippen molar-refractivity contribution in [3.05, 3.63) is 5.01 Å². The van der Waals surface area contributed by atoms with Gasteiger partial charge in [0.1, 0.15) is 5.01 Å². The Labute approximate surface area is 151 Å². The summed E-state index contributed by atoms with van der Waals surface area (Å²) < 4.78 is 0. The number of imide groups is 1. The molecule has 136 valence electrons. The third kappa shape index (κ3) is 4.05. The van der Waals surface area contributed by atoms with Gasteiger partial charge < -0.3 is 5.32 Å². The minimum atomic E-state index is -0.242. The van der Waals surface area contributed by atoms with Crippen LogP contribution >= 0.6 is 11.3 Å². The Morgan fingerprint density at radius 2 is 1.88 bits per heavy atom. The zero-order valence-electron chi connectivity index (χ0n) is 14.5. The molecule has 7 nitrogen and oxygen atoms in total. The van der Waals surface area contributed by atoms with Gasteiger partial charge in [-0.25, -0.2) is 0 Å². The molecular formula is C17H24N4O3S. The van der Waals surface area contributed by atoms with E-state index in [2.05, 4.69) is 22.4 Å². The molecule has 1 aromatic rings. The molecule has 2 aliphatic rings. The molecule has 1 saturated carbocycles. The molecule has 1 saturated heterocycles. The monoisotopic (exact) mass is 364 g/mol. The Morgan fingerprint density at radius 3 is 2.52 bits per heavy atom. The quantitative estimate of drug-likeness (QED) is 0.750. The van der Waals surface area contributed by atoms with Crippen LogP contribution in [0.3, 0.4) is 0 Å². The lowest BCUT2D eigenvalue weighted by atomic mass is 9.81. The normalized spacial score (nSPS) is 23.0. The highest BCUT2D eigenvalue weighted by Crippen LogP contribution is 2.37. The number of carbonyl (C=O) groups excluding carboxylic acids is 3. The topological polar surface area (TPSA) is 92.3 Å². The number of aryl methyl sites for hydroxylation is 1. The summed E-state index contributed by atoms with van der Waals surface area (Å²) in [5.41, 5.74) is 0. The SMILES string of the molecule is CCCCc1nnc(NC(=O)CCN2C(=O)[C@H]3CCCC[C@H]3C2=O)s1. The molecule has 3 amide bonds. The summed E-state index contributed by atoms with van der Waals surface area (Å²) in [6.07, 6.45) is 6.69. The minimum Gasteiger partial charge on any atom is -0.300 e. The lowest BCUT2D eigenvalue weighted by molar-refractivity contribution is -0.140. The lowest BCUT2D eigenvalue weighted by Crippen LogP contribution is -2.34. The highest BCUT2D eigenvalue weighted by atomic mass is 32.1. The van der Waals surface area contributed by atoms with E-state index in [0.717, 1.165) is 50.0 Å². The van der Waals surface area contributed by atoms with Crippen molar-refractivity contribution in [3.8, 4) is 0 Å². The second-order valence-corrected chi connectivity index (χ2v) is 7.79. The van der Waals surface area contributed by atoms with Gasteiger partial charge in [0, 0.05) is 19.4 Å². The van der Waals surface area contributed by atoms with Crippen molar-refractivity contribution in [2.75, 3.05) is 11.9 Å². The van der Waals surface area contributed by atoms with Crippen LogP contribution in [0, 0.1) is 11.8 Å². The molecule has 0 unspecified atom stereocenters. The van der Waals surface area contributed by atoms with Crippen molar-refractivity contribution < 1.29 is 14.4 Å². The van der Waals surface area contributed by atoms with E-state index in [1.54, 1.807) is 0 Å². The number of anilines is 1. The molecule has 1 aliphatic heterocycles. The molecule has 2 atom stereocenters. The van der Waals surface area contributed by atoms with Gasteiger partial charge in [-0.2, -0.15) is 0 Å². The fraction of sp³-hybridized carbons (Fsp3) is 0.706. The van der Waals surface area contributed by atoms with Gasteiger partial charge in [-0.1, -0.05) is 37.5 Å². The number of nitrogens with one attached hydrogen (secondary N) is 1. The first-order valence-electron chi connectivity index (χ1n) is 9.07. The van der Waals surface area contributed by atoms with Gasteiger partial charge in [-0.15, -0.1) is 10.2 Å². The lowest BCUT2D eigenvalue weighted by Gasteiger charge is -2.19. The summed E-state index contributed by atoms with van der Waals surface area (Å²) in [7, 11) is 0. The molecular weight excluding hydrogens is 340 g/mol. The Balaban J connectivity index is 1.49. The molecule has 25 heavy (non-hydrogen) atoms. The fourth-order valence-corrected chi connectivity index (χ4v) is 4.38. The standard InChI is InChI=1S/C17H24N4O3S/c1-2-3-8-14-19-20-17(25-14)18-13(22)9-10-21-15(23)11-6-4-5-7-12(11)16(21)24/h11-12H,2-10H2,1H3,(H,18,20,22)/t11-,12+. The molecule has 2 fully saturated rings. The number of hydrogen-bond acceptors (Lipinski definition) is 6. The number of unbranched alkanes of at least 4 members (excludes halogenated alkanes) is 1. The molecule has 0 bridgehead atoms. The number of nitrogens with zero attached hydrogens (tertiary/aromatic N) is 3. The van der Waals surface area contributed by atoms with Crippen LogP contribution in [0.5, 0.6) is 0 Å². The van der Waals surface area contributed by atoms with Gasteiger partial charge in [-0.05, 0) is 19.3 Å². The number of rotatable bonds is 7. The number of amides is 3. The molecule has 1 aliphatic carbocycles. The van der Waals surface area contributed by atoms with E-state index in [0.29, 0.717) is 5.13 Å². The maximum absolute atomic E-state index is 12.4. The van der Waals surface area contributed by atoms with Crippen LogP contribution in [0.4, 0.5) is 5.13 Å². The van der Waals surface area contributed by atoms with E-state index >= 15 is 0 Å². The van der Waals surface area contributed by atoms with Crippen LogP contribution in [-0.4, -0.2) is 39.4 Å². The number of carbonyl (C=O) groups is 3. The van der Waals surface area contributed by atoms with Crippen molar-refractivity contribution in [3.63, 3.8) is 0 Å². The highest BCUT2D eigenvalue weighted by Gasteiger charge is 2.47. The molecule has 2 heterocycles. The summed E-state index contributed by atoms with van der Waals surface area (Å²) in [4.78, 5) is 38.1. The van der Waals surface area contributed by atoms with Gasteiger partial charge in [0.05, 0.1) is 11.8 Å². The number of fused-ring (bicyclic) bond motifs is 1. The van der Waals surface area contributed by atoms with E-state index in [1.807, 2.05) is 0 Å². The van der Waals surface area contributed by atoms with Crippen molar-refractivity contribution in [2.45, 2.75) is 58.3 Å². The molecule has 3 rings (SSSR count). The number of hydrogen-bond donors (Lipinski definition) is 1. The van der Waals surface area contributed by atoms with Crippen LogP contribution in [0.15, 0.2) is 0 Å². The van der Waals surface area contributed by atoms with Crippen LogP contribution in [0.1, 0.15) is 56.9 Å². The zero-order valence-corrected chi connectivity index (χ0v) is 15.3. The molecule has 1 aromatic heterocycles. The second-order valence-electron chi connectivity index (χ2n) is 6.73. The Morgan fingerprint density at radius 1 is 1.20 bits per heavy atom. The number of likely N-dealkylation sites (tertiary alicyclic amines) is 1. The first-order valence-corrected chi connectivity index (χ1v) is 9.89. The largest absolute Gasteiger partial charge is 0.300 e. The Hall–Kier alpha value is -1.83. The number of aromatic nitrogens is 2. The minimum absolute atomic E-state index is 0.0970. The first-order chi connectivity index (χ1) is 12.1. The molecule has 0 radical (unpaired) electrons. The van der Waals surface area contributed by atoms with E-state index in [-0.39, 0.29) is 42.5 Å². The zero-order chi connectivity index (χ0) is 17.8. The van der Waals surface area contributed by atoms with Gasteiger partial charge in [0.15, 0.2) is 0 Å². The van der Waals surface area contributed by atoms with Crippen LogP contribution in [0.25, 0.3) is 0 Å². The van der Waals surface area contributed by atoms with Gasteiger partial charge >= 0.3 is 0 Å². The van der Waals surface area contributed by atoms with Crippen LogP contribution in [0.2, 0.25) is 0 Å². The average Bonchev–Trinajstić information content (AvgIpc) is 3.15. The molecule has 8 heteroatoms. The summed E-state index contributed by atoms with van der Waals surface area (Å²) in [5.74, 6) is -0.753. The maximum Gasteiger partial charge on any atom is 0.233 e. The van der Waals surface area contributed by atoms with Crippen molar-refractivity contribution in [2.24, 2.45) is 11.8 Å². The summed E-state index contributed by atoms with van der Waals surface area (Å²) in [6.45, 7) is 2.26. The Kier molecular flexibility index (Phi) is 5.78. The van der Waals surface area contributed by atoms with E-state index in [1.165, 1.54) is 16.2 Å². The van der Waals surface area contributed by atoms with E-state index in [4.69, 9.17) is 0 Å². The highest BCUT2D eigenvalue weighted by molar-refractivity contribution is 7.15. The van der Waals surface area contributed by atoms with Gasteiger partial charge in [0.25, 0.3) is 0 Å². The van der Waals surface area contributed by atoms with Crippen LogP contribution < -0.4 is 5.32 Å².